The molecule has 2 aromatic rings. The quantitative estimate of drug-likeness (QED) is 0.679. The Morgan fingerprint density at radius 3 is 2.33 bits per heavy atom. The Kier molecular flexibility index (Phi) is 4.38. The molecule has 1 saturated heterocycles. The van der Waals surface area contributed by atoms with Gasteiger partial charge in [-0.1, -0.05) is 6.07 Å². The van der Waals surface area contributed by atoms with E-state index in [9.17, 15) is 18.5 Å². The van der Waals surface area contributed by atoms with Gasteiger partial charge in [0.15, 0.2) is 0 Å². The second kappa shape index (κ2) is 6.33. The first-order valence-corrected chi connectivity index (χ1v) is 9.19. The van der Waals surface area contributed by atoms with Crippen LogP contribution in [0.25, 0.3) is 0 Å². The number of hydrogen-bond donors (Lipinski definition) is 1. The molecule has 6 nitrogen and oxygen atoms in total. The average molecular weight is 346 g/mol. The van der Waals surface area contributed by atoms with E-state index in [1.54, 1.807) is 12.1 Å². The molecule has 3 rings (SSSR count). The third-order valence-electron chi connectivity index (χ3n) is 4.41. The number of aryl methyl sites for hydroxylation is 1. The van der Waals surface area contributed by atoms with Crippen LogP contribution in [0.2, 0.25) is 0 Å². The van der Waals surface area contributed by atoms with E-state index in [0.29, 0.717) is 5.92 Å². The highest BCUT2D eigenvalue weighted by Gasteiger charge is 2.22. The number of rotatable bonds is 4. The zero-order chi connectivity index (χ0) is 17.3. The summed E-state index contributed by atoms with van der Waals surface area (Å²) in [5.41, 5.74) is 1.99. The molecular weight excluding hydrogens is 328 g/mol. The standard InChI is InChI=1S/C17H18N2O4S/c1-12-10-16(6-7-17(12)13-8-9-18-11-13)24(22,23)15-4-2-14(3-5-15)19(20)21/h2-7,10,13,18H,8-9,11H2,1H3. The first kappa shape index (κ1) is 16.6. The molecule has 1 heterocycles. The van der Waals surface area contributed by atoms with Crippen molar-refractivity contribution in [3.05, 3.63) is 63.7 Å². The molecule has 1 N–H and O–H groups in total. The molecule has 1 atom stereocenters. The van der Waals surface area contributed by atoms with Crippen molar-refractivity contribution in [1.29, 1.82) is 0 Å². The molecule has 0 aliphatic carbocycles. The number of nitro groups is 1. The number of nitrogens with one attached hydrogen (secondary N) is 1. The van der Waals surface area contributed by atoms with Gasteiger partial charge in [0.2, 0.25) is 9.84 Å². The Morgan fingerprint density at radius 1 is 1.12 bits per heavy atom. The van der Waals surface area contributed by atoms with Crippen molar-refractivity contribution in [2.75, 3.05) is 13.1 Å². The van der Waals surface area contributed by atoms with E-state index in [4.69, 9.17) is 0 Å². The number of nitrogens with zero attached hydrogens (tertiary/aromatic N) is 1. The van der Waals surface area contributed by atoms with Crippen LogP contribution in [0.5, 0.6) is 0 Å². The van der Waals surface area contributed by atoms with E-state index < -0.39 is 14.8 Å². The predicted molar refractivity (Wildman–Crippen MR) is 90.0 cm³/mol. The molecule has 24 heavy (non-hydrogen) atoms. The Morgan fingerprint density at radius 2 is 1.79 bits per heavy atom. The van der Waals surface area contributed by atoms with Gasteiger partial charge >= 0.3 is 0 Å². The molecule has 0 aromatic heterocycles. The summed E-state index contributed by atoms with van der Waals surface area (Å²) >= 11 is 0. The van der Waals surface area contributed by atoms with Crippen LogP contribution in [0.4, 0.5) is 5.69 Å². The van der Waals surface area contributed by atoms with Crippen LogP contribution < -0.4 is 5.32 Å². The highest BCUT2D eigenvalue weighted by molar-refractivity contribution is 7.91. The van der Waals surface area contributed by atoms with Crippen molar-refractivity contribution >= 4 is 15.5 Å². The molecule has 2 aromatic carbocycles. The predicted octanol–water partition coefficient (Wildman–Crippen LogP) is 2.81. The summed E-state index contributed by atoms with van der Waals surface area (Å²) in [6.45, 7) is 3.81. The number of nitro benzene ring substituents is 1. The highest BCUT2D eigenvalue weighted by atomic mass is 32.2. The maximum Gasteiger partial charge on any atom is 0.269 e. The van der Waals surface area contributed by atoms with Gasteiger partial charge in [-0.25, -0.2) is 8.42 Å². The molecule has 1 aliphatic heterocycles. The van der Waals surface area contributed by atoms with Crippen molar-refractivity contribution in [3.63, 3.8) is 0 Å². The van der Waals surface area contributed by atoms with Gasteiger partial charge in [0.1, 0.15) is 0 Å². The lowest BCUT2D eigenvalue weighted by Gasteiger charge is -2.14. The smallest absolute Gasteiger partial charge is 0.269 e. The highest BCUT2D eigenvalue weighted by Crippen LogP contribution is 2.29. The van der Waals surface area contributed by atoms with E-state index in [0.717, 1.165) is 25.1 Å². The largest absolute Gasteiger partial charge is 0.316 e. The minimum Gasteiger partial charge on any atom is -0.316 e. The molecule has 0 saturated carbocycles. The Hall–Kier alpha value is -2.25. The SMILES string of the molecule is Cc1cc(S(=O)(=O)c2ccc([N+](=O)[O-])cc2)ccc1C1CCNC1. The number of non-ortho nitro benzene ring substituents is 1. The first-order chi connectivity index (χ1) is 11.4. The van der Waals surface area contributed by atoms with E-state index >= 15 is 0 Å². The van der Waals surface area contributed by atoms with Gasteiger partial charge in [0.25, 0.3) is 5.69 Å². The van der Waals surface area contributed by atoms with Gasteiger partial charge in [-0.3, -0.25) is 10.1 Å². The Labute approximate surface area is 140 Å². The molecule has 0 radical (unpaired) electrons. The molecule has 1 unspecified atom stereocenters. The Bertz CT molecular complexity index is 870. The minimum atomic E-state index is -3.68. The molecule has 1 fully saturated rings. The first-order valence-electron chi connectivity index (χ1n) is 7.70. The summed E-state index contributed by atoms with van der Waals surface area (Å²) in [4.78, 5) is 10.4. The normalized spacial score (nSPS) is 17.8. The Balaban J connectivity index is 1.94. The lowest BCUT2D eigenvalue weighted by Crippen LogP contribution is -2.09. The molecule has 0 spiro atoms. The van der Waals surface area contributed by atoms with Gasteiger partial charge < -0.3 is 5.32 Å². The molecular formula is C17H18N2O4S. The fourth-order valence-electron chi connectivity index (χ4n) is 3.08. The van der Waals surface area contributed by atoms with E-state index in [1.165, 1.54) is 29.8 Å². The number of benzene rings is 2. The molecule has 126 valence electrons. The summed E-state index contributed by atoms with van der Waals surface area (Å²) in [7, 11) is -3.68. The van der Waals surface area contributed by atoms with E-state index in [2.05, 4.69) is 5.32 Å². The van der Waals surface area contributed by atoms with Crippen molar-refractivity contribution in [1.82, 2.24) is 5.32 Å². The van der Waals surface area contributed by atoms with Crippen molar-refractivity contribution < 1.29 is 13.3 Å². The van der Waals surface area contributed by atoms with Crippen molar-refractivity contribution in [2.24, 2.45) is 0 Å². The number of hydrogen-bond acceptors (Lipinski definition) is 5. The summed E-state index contributed by atoms with van der Waals surface area (Å²) in [5.74, 6) is 0.418. The van der Waals surface area contributed by atoms with Crippen molar-refractivity contribution in [2.45, 2.75) is 29.1 Å². The maximum atomic E-state index is 12.7. The summed E-state index contributed by atoms with van der Waals surface area (Å²) in [6.07, 6.45) is 1.05. The van der Waals surface area contributed by atoms with E-state index in [1.807, 2.05) is 13.0 Å². The van der Waals surface area contributed by atoms with Crippen LogP contribution in [0.1, 0.15) is 23.5 Å². The minimum absolute atomic E-state index is 0.0581. The van der Waals surface area contributed by atoms with Crippen LogP contribution in [-0.2, 0) is 9.84 Å². The van der Waals surface area contributed by atoms with Crippen LogP contribution >= 0.6 is 0 Å². The zero-order valence-electron chi connectivity index (χ0n) is 13.2. The molecule has 1 aliphatic rings. The zero-order valence-corrected chi connectivity index (χ0v) is 14.0. The van der Waals surface area contributed by atoms with E-state index in [-0.39, 0.29) is 15.5 Å². The lowest BCUT2D eigenvalue weighted by atomic mass is 9.94. The van der Waals surface area contributed by atoms with Gasteiger partial charge in [0, 0.05) is 18.7 Å². The van der Waals surface area contributed by atoms with Crippen LogP contribution in [0.15, 0.2) is 52.3 Å². The second-order valence-corrected chi connectivity index (χ2v) is 7.91. The van der Waals surface area contributed by atoms with Gasteiger partial charge in [-0.15, -0.1) is 0 Å². The average Bonchev–Trinajstić information content (AvgIpc) is 3.09. The van der Waals surface area contributed by atoms with Crippen LogP contribution in [-0.4, -0.2) is 26.4 Å². The van der Waals surface area contributed by atoms with Crippen LogP contribution in [0.3, 0.4) is 0 Å². The van der Waals surface area contributed by atoms with Crippen LogP contribution in [0, 0.1) is 17.0 Å². The molecule has 7 heteroatoms. The third-order valence-corrected chi connectivity index (χ3v) is 6.18. The number of sulfone groups is 1. The summed E-state index contributed by atoms with van der Waals surface area (Å²) < 4.78 is 25.4. The third kappa shape index (κ3) is 3.05. The summed E-state index contributed by atoms with van der Waals surface area (Å²) in [6, 6.07) is 10.2. The molecule has 0 amide bonds. The fraction of sp³-hybridized carbons (Fsp3) is 0.294. The van der Waals surface area contributed by atoms with Crippen molar-refractivity contribution in [3.8, 4) is 0 Å². The second-order valence-electron chi connectivity index (χ2n) is 5.96. The van der Waals surface area contributed by atoms with Gasteiger partial charge in [-0.2, -0.15) is 0 Å². The monoisotopic (exact) mass is 346 g/mol. The van der Waals surface area contributed by atoms with Gasteiger partial charge in [0.05, 0.1) is 14.7 Å². The molecule has 0 bridgehead atoms. The topological polar surface area (TPSA) is 89.3 Å². The maximum absolute atomic E-state index is 12.7. The van der Waals surface area contributed by atoms with Gasteiger partial charge in [-0.05, 0) is 61.2 Å². The fourth-order valence-corrected chi connectivity index (χ4v) is 4.42. The lowest BCUT2D eigenvalue weighted by molar-refractivity contribution is -0.384. The summed E-state index contributed by atoms with van der Waals surface area (Å²) in [5, 5.41) is 14.0.